The van der Waals surface area contributed by atoms with Gasteiger partial charge in [0.2, 0.25) is 0 Å². The fraction of sp³-hybridized carbons (Fsp3) is 0.190. The molecule has 8 heteroatoms. The summed E-state index contributed by atoms with van der Waals surface area (Å²) in [6.45, 7) is 2.30. The molecule has 0 saturated carbocycles. The highest BCUT2D eigenvalue weighted by molar-refractivity contribution is 6.16. The van der Waals surface area contributed by atoms with Gasteiger partial charge < -0.3 is 14.8 Å². The van der Waals surface area contributed by atoms with Gasteiger partial charge in [-0.3, -0.25) is 14.6 Å². The summed E-state index contributed by atoms with van der Waals surface area (Å²) in [7, 11) is 0. The summed E-state index contributed by atoms with van der Waals surface area (Å²) in [5, 5.41) is 2.74. The van der Waals surface area contributed by atoms with Crippen LogP contribution in [0.1, 0.15) is 45.8 Å². The highest BCUT2D eigenvalue weighted by Crippen LogP contribution is 2.30. The predicted molar refractivity (Wildman–Crippen MR) is 104 cm³/mol. The summed E-state index contributed by atoms with van der Waals surface area (Å²) in [6, 6.07) is 10.5. The average molecular weight is 396 g/mol. The largest absolute Gasteiger partial charge is 0.338 e. The number of benzene rings is 1. The first kappa shape index (κ1) is 18.8. The topological polar surface area (TPSA) is 67.2 Å². The van der Waals surface area contributed by atoms with Crippen LogP contribution < -0.4 is 10.2 Å². The number of amides is 2. The summed E-state index contributed by atoms with van der Waals surface area (Å²) >= 11 is 0. The van der Waals surface area contributed by atoms with Crippen molar-refractivity contribution < 1.29 is 18.4 Å². The Labute approximate surface area is 165 Å². The van der Waals surface area contributed by atoms with Gasteiger partial charge in [-0.1, -0.05) is 12.1 Å². The van der Waals surface area contributed by atoms with Crippen LogP contribution in [-0.2, 0) is 0 Å². The van der Waals surface area contributed by atoms with Gasteiger partial charge in [0.1, 0.15) is 5.69 Å². The van der Waals surface area contributed by atoms with Gasteiger partial charge in [0.25, 0.3) is 18.2 Å². The summed E-state index contributed by atoms with van der Waals surface area (Å²) in [4.78, 5) is 31.4. The van der Waals surface area contributed by atoms with Gasteiger partial charge in [0, 0.05) is 36.2 Å². The molecule has 3 heterocycles. The normalized spacial score (nSPS) is 16.1. The van der Waals surface area contributed by atoms with Gasteiger partial charge in [-0.2, -0.15) is 0 Å². The molecule has 0 bridgehead atoms. The maximum atomic E-state index is 13.2. The lowest BCUT2D eigenvalue weighted by Crippen LogP contribution is -2.43. The minimum absolute atomic E-state index is 0.0857. The van der Waals surface area contributed by atoms with E-state index in [1.807, 2.05) is 6.92 Å². The molecule has 0 saturated heterocycles. The quantitative estimate of drug-likeness (QED) is 0.715. The maximum absolute atomic E-state index is 13.2. The molecule has 29 heavy (non-hydrogen) atoms. The van der Waals surface area contributed by atoms with Crippen molar-refractivity contribution in [3.05, 3.63) is 77.9 Å². The number of rotatable bonds is 4. The summed E-state index contributed by atoms with van der Waals surface area (Å²) in [5.41, 5.74) is 1.44. The average Bonchev–Trinajstić information content (AvgIpc) is 3.18. The van der Waals surface area contributed by atoms with Gasteiger partial charge in [-0.05, 0) is 37.3 Å². The van der Waals surface area contributed by atoms with Gasteiger partial charge in [0.15, 0.2) is 0 Å². The first-order valence-corrected chi connectivity index (χ1v) is 9.08. The minimum Gasteiger partial charge on any atom is -0.338 e. The van der Waals surface area contributed by atoms with Crippen LogP contribution in [0, 0.1) is 0 Å². The van der Waals surface area contributed by atoms with Gasteiger partial charge in [-0.25, -0.2) is 8.78 Å². The summed E-state index contributed by atoms with van der Waals surface area (Å²) in [6.07, 6.45) is 2.26. The lowest BCUT2D eigenvalue weighted by molar-refractivity contribution is 0.0942. The third kappa shape index (κ3) is 3.49. The number of alkyl halides is 2. The Bertz CT molecular complexity index is 1050. The van der Waals surface area contributed by atoms with E-state index >= 15 is 0 Å². The molecule has 3 aromatic rings. The molecule has 0 unspecified atom stereocenters. The van der Waals surface area contributed by atoms with Crippen molar-refractivity contribution in [3.8, 4) is 0 Å². The van der Waals surface area contributed by atoms with Crippen LogP contribution in [0.3, 0.4) is 0 Å². The molecule has 148 valence electrons. The summed E-state index contributed by atoms with van der Waals surface area (Å²) < 4.78 is 27.4. The first-order chi connectivity index (χ1) is 14.0. The monoisotopic (exact) mass is 396 g/mol. The Kier molecular flexibility index (Phi) is 4.84. The number of pyridine rings is 1. The molecule has 1 aliphatic heterocycles. The van der Waals surface area contributed by atoms with Crippen LogP contribution in [0.2, 0.25) is 0 Å². The molecule has 1 atom stereocenters. The molecule has 6 nitrogen and oxygen atoms in total. The van der Waals surface area contributed by atoms with Crippen molar-refractivity contribution in [2.75, 3.05) is 16.8 Å². The fourth-order valence-electron chi connectivity index (χ4n) is 3.44. The van der Waals surface area contributed by atoms with Crippen molar-refractivity contribution >= 4 is 23.2 Å². The zero-order chi connectivity index (χ0) is 20.5. The van der Waals surface area contributed by atoms with E-state index in [-0.39, 0.29) is 28.8 Å². The number of carbonyl (C=O) groups excluding carboxylic acids is 2. The zero-order valence-corrected chi connectivity index (χ0v) is 15.5. The Balaban J connectivity index is 1.65. The molecule has 0 spiro atoms. The highest BCUT2D eigenvalue weighted by Gasteiger charge is 2.34. The third-order valence-corrected chi connectivity index (χ3v) is 4.91. The number of halogens is 2. The van der Waals surface area contributed by atoms with Crippen molar-refractivity contribution in [2.24, 2.45) is 0 Å². The molecular formula is C21H18F2N4O2. The Morgan fingerprint density at radius 2 is 1.97 bits per heavy atom. The van der Waals surface area contributed by atoms with Gasteiger partial charge in [0.05, 0.1) is 17.4 Å². The van der Waals surface area contributed by atoms with Crippen LogP contribution in [0.25, 0.3) is 0 Å². The number of hydrogen-bond donors (Lipinski definition) is 1. The standard InChI is InChI=1S/C21H18F2N4O2/c1-13-12-27(16-6-4-14(5-7-16)19(22)23)21(29)18-17(8-10-26(13)18)20(28)25-15-3-2-9-24-11-15/h2-11,13,19H,12H2,1H3,(H,25,28)/t13-/m0/s1. The molecule has 1 aliphatic rings. The van der Waals surface area contributed by atoms with Gasteiger partial charge in [-0.15, -0.1) is 0 Å². The number of aromatic nitrogens is 2. The molecule has 0 aliphatic carbocycles. The van der Waals surface area contributed by atoms with Crippen molar-refractivity contribution in [3.63, 3.8) is 0 Å². The number of nitrogens with one attached hydrogen (secondary N) is 1. The molecule has 2 aromatic heterocycles. The van der Waals surface area contributed by atoms with Crippen LogP contribution in [0.15, 0.2) is 61.1 Å². The fourth-order valence-corrected chi connectivity index (χ4v) is 3.44. The SMILES string of the molecule is C[C@H]1CN(c2ccc(C(F)F)cc2)C(=O)c2c(C(=O)Nc3cccnc3)ccn21. The van der Waals surface area contributed by atoms with E-state index in [0.717, 1.165) is 0 Å². The Hall–Kier alpha value is -3.55. The lowest BCUT2D eigenvalue weighted by atomic mass is 10.1. The van der Waals surface area contributed by atoms with E-state index in [9.17, 15) is 18.4 Å². The first-order valence-electron chi connectivity index (χ1n) is 9.08. The Morgan fingerprint density at radius 3 is 2.62 bits per heavy atom. The minimum atomic E-state index is -2.57. The molecule has 0 radical (unpaired) electrons. The maximum Gasteiger partial charge on any atom is 0.275 e. The van der Waals surface area contributed by atoms with E-state index in [1.54, 1.807) is 35.2 Å². The number of fused-ring (bicyclic) bond motifs is 1. The molecular weight excluding hydrogens is 378 g/mol. The Morgan fingerprint density at radius 1 is 1.21 bits per heavy atom. The number of anilines is 2. The molecule has 2 amide bonds. The highest BCUT2D eigenvalue weighted by atomic mass is 19.3. The van der Waals surface area contributed by atoms with Crippen LogP contribution in [-0.4, -0.2) is 27.9 Å². The molecule has 0 fully saturated rings. The van der Waals surface area contributed by atoms with Crippen molar-refractivity contribution in [2.45, 2.75) is 19.4 Å². The smallest absolute Gasteiger partial charge is 0.275 e. The number of hydrogen-bond acceptors (Lipinski definition) is 3. The molecule has 1 N–H and O–H groups in total. The molecule has 1 aromatic carbocycles. The second kappa shape index (κ2) is 7.46. The lowest BCUT2D eigenvalue weighted by Gasteiger charge is -2.33. The summed E-state index contributed by atoms with van der Waals surface area (Å²) in [5.74, 6) is -0.767. The van der Waals surface area contributed by atoms with Crippen LogP contribution >= 0.6 is 0 Å². The predicted octanol–water partition coefficient (Wildman–Crippen LogP) is 4.29. The second-order valence-electron chi connectivity index (χ2n) is 6.84. The van der Waals surface area contributed by atoms with Crippen LogP contribution in [0.4, 0.5) is 20.2 Å². The second-order valence-corrected chi connectivity index (χ2v) is 6.84. The van der Waals surface area contributed by atoms with Crippen molar-refractivity contribution in [1.82, 2.24) is 9.55 Å². The van der Waals surface area contributed by atoms with E-state index in [2.05, 4.69) is 10.3 Å². The van der Waals surface area contributed by atoms with E-state index < -0.39 is 12.3 Å². The number of carbonyl (C=O) groups is 2. The van der Waals surface area contributed by atoms with E-state index in [0.29, 0.717) is 17.9 Å². The van der Waals surface area contributed by atoms with Crippen molar-refractivity contribution in [1.29, 1.82) is 0 Å². The third-order valence-electron chi connectivity index (χ3n) is 4.91. The van der Waals surface area contributed by atoms with E-state index in [4.69, 9.17) is 0 Å². The van der Waals surface area contributed by atoms with E-state index in [1.165, 1.54) is 35.4 Å². The van der Waals surface area contributed by atoms with Crippen LogP contribution in [0.5, 0.6) is 0 Å². The van der Waals surface area contributed by atoms with Gasteiger partial charge >= 0.3 is 0 Å². The number of nitrogens with zero attached hydrogens (tertiary/aromatic N) is 3. The molecule has 4 rings (SSSR count). The zero-order valence-electron chi connectivity index (χ0n) is 15.5.